The van der Waals surface area contributed by atoms with Crippen LogP contribution in [0.15, 0.2) is 0 Å². The average Bonchev–Trinajstić information content (AvgIpc) is 3.02. The van der Waals surface area contributed by atoms with E-state index in [2.05, 4.69) is 19.2 Å². The third kappa shape index (κ3) is 2.25. The topological polar surface area (TPSA) is 24.9 Å². The minimum absolute atomic E-state index is 0.200. The van der Waals surface area contributed by atoms with Crippen molar-refractivity contribution in [3.63, 3.8) is 0 Å². The molecule has 1 N–H and O–H groups in total. The molecule has 0 radical (unpaired) electrons. The lowest BCUT2D eigenvalue weighted by atomic mass is 9.85. The largest absolute Gasteiger partial charge is 0.305 e. The van der Waals surface area contributed by atoms with Gasteiger partial charge >= 0.3 is 0 Å². The van der Waals surface area contributed by atoms with E-state index in [0.29, 0.717) is 0 Å². The van der Waals surface area contributed by atoms with Gasteiger partial charge in [0.05, 0.1) is 11.2 Å². The van der Waals surface area contributed by atoms with Gasteiger partial charge in [-0.25, -0.2) is 4.98 Å². The van der Waals surface area contributed by atoms with Crippen molar-refractivity contribution in [3.8, 4) is 0 Å². The van der Waals surface area contributed by atoms with Gasteiger partial charge < -0.3 is 5.32 Å². The van der Waals surface area contributed by atoms with E-state index in [-0.39, 0.29) is 5.54 Å². The van der Waals surface area contributed by atoms with Gasteiger partial charge in [0.2, 0.25) is 0 Å². The quantitative estimate of drug-likeness (QED) is 0.899. The molecule has 19 heavy (non-hydrogen) atoms. The molecule has 3 heteroatoms. The maximum absolute atomic E-state index is 5.08. The SMILES string of the molecule is CCNC1(c2nc3c(s2)CCCC3)CCCC1CC. The van der Waals surface area contributed by atoms with Crippen molar-refractivity contribution in [3.05, 3.63) is 15.6 Å². The number of rotatable bonds is 4. The van der Waals surface area contributed by atoms with Crippen molar-refractivity contribution in [2.45, 2.75) is 70.8 Å². The summed E-state index contributed by atoms with van der Waals surface area (Å²) >= 11 is 2.02. The Balaban J connectivity index is 1.97. The highest BCUT2D eigenvalue weighted by atomic mass is 32.1. The minimum atomic E-state index is 0.200. The number of nitrogens with zero attached hydrogens (tertiary/aromatic N) is 1. The first-order valence-corrected chi connectivity index (χ1v) is 8.86. The zero-order valence-corrected chi connectivity index (χ0v) is 13.1. The Kier molecular flexibility index (Phi) is 3.95. The molecule has 2 atom stereocenters. The van der Waals surface area contributed by atoms with E-state index in [1.165, 1.54) is 62.1 Å². The third-order valence-electron chi connectivity index (χ3n) is 5.03. The molecular formula is C16H26N2S. The van der Waals surface area contributed by atoms with Crippen molar-refractivity contribution in [2.75, 3.05) is 6.54 Å². The summed E-state index contributed by atoms with van der Waals surface area (Å²) in [6, 6.07) is 0. The van der Waals surface area contributed by atoms with Crippen LogP contribution in [0.3, 0.4) is 0 Å². The number of thiazole rings is 1. The lowest BCUT2D eigenvalue weighted by Crippen LogP contribution is -2.45. The lowest BCUT2D eigenvalue weighted by Gasteiger charge is -2.34. The first kappa shape index (κ1) is 13.6. The second-order valence-electron chi connectivity index (χ2n) is 6.10. The molecule has 1 aromatic rings. The monoisotopic (exact) mass is 278 g/mol. The van der Waals surface area contributed by atoms with Gasteiger partial charge in [-0.3, -0.25) is 0 Å². The molecule has 0 bridgehead atoms. The van der Waals surface area contributed by atoms with Gasteiger partial charge in [0.25, 0.3) is 0 Å². The molecular weight excluding hydrogens is 252 g/mol. The fourth-order valence-electron chi connectivity index (χ4n) is 4.08. The van der Waals surface area contributed by atoms with Crippen LogP contribution in [0.5, 0.6) is 0 Å². The maximum atomic E-state index is 5.08. The van der Waals surface area contributed by atoms with Crippen molar-refractivity contribution in [2.24, 2.45) is 5.92 Å². The second kappa shape index (κ2) is 5.53. The van der Waals surface area contributed by atoms with E-state index < -0.39 is 0 Å². The van der Waals surface area contributed by atoms with Gasteiger partial charge in [0.15, 0.2) is 0 Å². The molecule has 1 fully saturated rings. The zero-order valence-electron chi connectivity index (χ0n) is 12.3. The average molecular weight is 278 g/mol. The van der Waals surface area contributed by atoms with Gasteiger partial charge in [0.1, 0.15) is 5.01 Å². The smallest absolute Gasteiger partial charge is 0.114 e. The summed E-state index contributed by atoms with van der Waals surface area (Å²) in [4.78, 5) is 6.66. The van der Waals surface area contributed by atoms with Crippen LogP contribution in [-0.4, -0.2) is 11.5 Å². The summed E-state index contributed by atoms with van der Waals surface area (Å²) in [6.07, 6.45) is 10.5. The molecule has 0 aliphatic heterocycles. The molecule has 0 aromatic carbocycles. The van der Waals surface area contributed by atoms with Crippen molar-refractivity contribution in [1.29, 1.82) is 0 Å². The predicted molar refractivity (Wildman–Crippen MR) is 81.7 cm³/mol. The van der Waals surface area contributed by atoms with E-state index in [9.17, 15) is 0 Å². The maximum Gasteiger partial charge on any atom is 0.114 e. The van der Waals surface area contributed by atoms with Crippen molar-refractivity contribution < 1.29 is 0 Å². The molecule has 2 nitrogen and oxygen atoms in total. The summed E-state index contributed by atoms with van der Waals surface area (Å²) in [6.45, 7) is 5.64. The number of aromatic nitrogens is 1. The summed E-state index contributed by atoms with van der Waals surface area (Å²) in [5.41, 5.74) is 1.62. The van der Waals surface area contributed by atoms with Crippen LogP contribution in [0.4, 0.5) is 0 Å². The highest BCUT2D eigenvalue weighted by Crippen LogP contribution is 2.47. The van der Waals surface area contributed by atoms with Crippen LogP contribution >= 0.6 is 11.3 Å². The van der Waals surface area contributed by atoms with Gasteiger partial charge in [-0.05, 0) is 51.0 Å². The van der Waals surface area contributed by atoms with Crippen LogP contribution in [-0.2, 0) is 18.4 Å². The molecule has 0 amide bonds. The van der Waals surface area contributed by atoms with Crippen molar-refractivity contribution >= 4 is 11.3 Å². The predicted octanol–water partition coefficient (Wildman–Crippen LogP) is 4.04. The second-order valence-corrected chi connectivity index (χ2v) is 7.18. The normalized spacial score (nSPS) is 30.5. The Morgan fingerprint density at radius 2 is 2.11 bits per heavy atom. The van der Waals surface area contributed by atoms with Crippen LogP contribution in [0.1, 0.15) is 68.0 Å². The number of nitrogens with one attached hydrogen (secondary N) is 1. The summed E-state index contributed by atoms with van der Waals surface area (Å²) in [7, 11) is 0. The Hall–Kier alpha value is -0.410. The lowest BCUT2D eigenvalue weighted by molar-refractivity contribution is 0.244. The van der Waals surface area contributed by atoms with Crippen molar-refractivity contribution in [1.82, 2.24) is 10.3 Å². The first-order chi connectivity index (χ1) is 9.30. The fraction of sp³-hybridized carbons (Fsp3) is 0.812. The van der Waals surface area contributed by atoms with Crippen LogP contribution in [0.2, 0.25) is 0 Å². The Bertz CT molecular complexity index is 416. The molecule has 106 valence electrons. The van der Waals surface area contributed by atoms with E-state index in [4.69, 9.17) is 4.98 Å². The summed E-state index contributed by atoms with van der Waals surface area (Å²) < 4.78 is 0. The van der Waals surface area contributed by atoms with E-state index in [1.54, 1.807) is 4.88 Å². The minimum Gasteiger partial charge on any atom is -0.305 e. The molecule has 3 rings (SSSR count). The highest BCUT2D eigenvalue weighted by molar-refractivity contribution is 7.11. The number of hydrogen-bond acceptors (Lipinski definition) is 3. The molecule has 1 aromatic heterocycles. The number of hydrogen-bond donors (Lipinski definition) is 1. The third-order valence-corrected chi connectivity index (χ3v) is 6.37. The molecule has 0 spiro atoms. The number of aryl methyl sites for hydroxylation is 2. The highest BCUT2D eigenvalue weighted by Gasteiger charge is 2.45. The first-order valence-electron chi connectivity index (χ1n) is 8.04. The molecule has 2 aliphatic rings. The molecule has 1 saturated carbocycles. The van der Waals surface area contributed by atoms with E-state index >= 15 is 0 Å². The zero-order chi connectivity index (χ0) is 13.3. The molecule has 1 heterocycles. The van der Waals surface area contributed by atoms with Gasteiger partial charge in [-0.2, -0.15) is 0 Å². The molecule has 2 aliphatic carbocycles. The van der Waals surface area contributed by atoms with E-state index in [0.717, 1.165) is 12.5 Å². The molecule has 2 unspecified atom stereocenters. The van der Waals surface area contributed by atoms with Gasteiger partial charge in [0, 0.05) is 4.88 Å². The Morgan fingerprint density at radius 1 is 1.26 bits per heavy atom. The molecule has 0 saturated heterocycles. The van der Waals surface area contributed by atoms with E-state index in [1.807, 2.05) is 11.3 Å². The Labute approximate surface area is 121 Å². The Morgan fingerprint density at radius 3 is 2.84 bits per heavy atom. The van der Waals surface area contributed by atoms with Crippen LogP contribution in [0.25, 0.3) is 0 Å². The van der Waals surface area contributed by atoms with Crippen LogP contribution < -0.4 is 5.32 Å². The fourth-order valence-corrected chi connectivity index (χ4v) is 5.50. The summed E-state index contributed by atoms with van der Waals surface area (Å²) in [5, 5.41) is 5.24. The standard InChI is InChI=1S/C16H26N2S/c1-3-12-8-7-11-16(12,17-4-2)15-18-13-9-5-6-10-14(13)19-15/h12,17H,3-11H2,1-2H3. The van der Waals surface area contributed by atoms with Gasteiger partial charge in [-0.15, -0.1) is 11.3 Å². The van der Waals surface area contributed by atoms with Gasteiger partial charge in [-0.1, -0.05) is 26.7 Å². The van der Waals surface area contributed by atoms with Crippen LogP contribution in [0, 0.1) is 5.92 Å². The summed E-state index contributed by atoms with van der Waals surface area (Å²) in [5.74, 6) is 0.778. The number of fused-ring (bicyclic) bond motifs is 1.